The minimum Gasteiger partial charge on any atom is -0.340 e. The molecule has 1 heterocycles. The van der Waals surface area contributed by atoms with Crippen LogP contribution >= 0.6 is 0 Å². The lowest BCUT2D eigenvalue weighted by Gasteiger charge is -2.45. The van der Waals surface area contributed by atoms with Gasteiger partial charge >= 0.3 is 0 Å². The highest BCUT2D eigenvalue weighted by atomic mass is 16.2. The Kier molecular flexibility index (Phi) is 2.28. The molecule has 1 unspecified atom stereocenters. The molecule has 2 fully saturated rings. The molecular weight excluding hydrogens is 164 g/mol. The Morgan fingerprint density at radius 3 is 2.85 bits per heavy atom. The third kappa shape index (κ3) is 1.46. The van der Waals surface area contributed by atoms with Gasteiger partial charge in [0.05, 0.1) is 6.04 Å². The van der Waals surface area contributed by atoms with Crippen LogP contribution in [-0.4, -0.2) is 36.0 Å². The van der Waals surface area contributed by atoms with E-state index in [1.54, 1.807) is 0 Å². The topological polar surface area (TPSA) is 32.3 Å². The molecule has 0 bridgehead atoms. The quantitative estimate of drug-likeness (QED) is 0.599. The van der Waals surface area contributed by atoms with E-state index in [1.165, 1.54) is 25.7 Å². The predicted octanol–water partition coefficient (Wildman–Crippen LogP) is 0.748. The van der Waals surface area contributed by atoms with E-state index in [9.17, 15) is 4.79 Å². The standard InChI is InChI=1S/C10H18N2O/c1-7-10(13)12(2)9-6-4-3-5-8(9)11-7/h7-9,11H,3-6H2,1-2H3/t7-,8+,9?/m0/s1. The molecule has 1 aliphatic heterocycles. The van der Waals surface area contributed by atoms with Crippen molar-refractivity contribution in [1.29, 1.82) is 0 Å². The van der Waals surface area contributed by atoms with E-state index in [2.05, 4.69) is 5.32 Å². The summed E-state index contributed by atoms with van der Waals surface area (Å²) in [7, 11) is 1.95. The van der Waals surface area contributed by atoms with Crippen LogP contribution in [0.1, 0.15) is 32.6 Å². The normalized spacial score (nSPS) is 40.3. The van der Waals surface area contributed by atoms with E-state index in [-0.39, 0.29) is 11.9 Å². The zero-order valence-corrected chi connectivity index (χ0v) is 8.42. The lowest BCUT2D eigenvalue weighted by Crippen LogP contribution is -2.64. The van der Waals surface area contributed by atoms with Crippen molar-refractivity contribution in [3.63, 3.8) is 0 Å². The summed E-state index contributed by atoms with van der Waals surface area (Å²) in [4.78, 5) is 13.6. The van der Waals surface area contributed by atoms with Gasteiger partial charge in [-0.25, -0.2) is 0 Å². The van der Waals surface area contributed by atoms with Crippen LogP contribution in [0.25, 0.3) is 0 Å². The van der Waals surface area contributed by atoms with Crippen molar-refractivity contribution < 1.29 is 4.79 Å². The minimum absolute atomic E-state index is 0.0179. The molecule has 1 saturated heterocycles. The third-order valence-corrected chi connectivity index (χ3v) is 3.41. The van der Waals surface area contributed by atoms with Crippen LogP contribution in [0.3, 0.4) is 0 Å². The number of rotatable bonds is 0. The maximum Gasteiger partial charge on any atom is 0.239 e. The monoisotopic (exact) mass is 182 g/mol. The molecule has 0 aromatic carbocycles. The number of nitrogens with one attached hydrogen (secondary N) is 1. The van der Waals surface area contributed by atoms with E-state index < -0.39 is 0 Å². The van der Waals surface area contributed by atoms with Gasteiger partial charge in [-0.05, 0) is 19.8 Å². The van der Waals surface area contributed by atoms with Crippen molar-refractivity contribution in [1.82, 2.24) is 10.2 Å². The highest BCUT2D eigenvalue weighted by Crippen LogP contribution is 2.26. The van der Waals surface area contributed by atoms with Crippen molar-refractivity contribution in [2.75, 3.05) is 7.05 Å². The first-order valence-corrected chi connectivity index (χ1v) is 5.23. The Labute approximate surface area is 79.5 Å². The summed E-state index contributed by atoms with van der Waals surface area (Å²) >= 11 is 0. The molecule has 0 aromatic rings. The SMILES string of the molecule is C[C@@H]1N[C@@H]2CCCCC2N(C)C1=O. The molecule has 74 valence electrons. The van der Waals surface area contributed by atoms with Gasteiger partial charge in [-0.1, -0.05) is 12.8 Å². The second-order valence-corrected chi connectivity index (χ2v) is 4.30. The van der Waals surface area contributed by atoms with Crippen molar-refractivity contribution in [3.05, 3.63) is 0 Å². The maximum atomic E-state index is 11.6. The van der Waals surface area contributed by atoms with Gasteiger partial charge in [0.1, 0.15) is 0 Å². The lowest BCUT2D eigenvalue weighted by molar-refractivity contribution is -0.139. The van der Waals surface area contributed by atoms with Crippen LogP contribution in [0, 0.1) is 0 Å². The molecule has 1 saturated carbocycles. The van der Waals surface area contributed by atoms with Gasteiger partial charge in [0.2, 0.25) is 5.91 Å². The lowest BCUT2D eigenvalue weighted by atomic mass is 9.86. The zero-order chi connectivity index (χ0) is 9.42. The summed E-state index contributed by atoms with van der Waals surface area (Å²) < 4.78 is 0. The maximum absolute atomic E-state index is 11.6. The van der Waals surface area contributed by atoms with Crippen LogP contribution in [0.15, 0.2) is 0 Å². The molecule has 2 aliphatic rings. The fraction of sp³-hybridized carbons (Fsp3) is 0.900. The molecule has 0 aromatic heterocycles. The zero-order valence-electron chi connectivity index (χ0n) is 8.42. The predicted molar refractivity (Wildman–Crippen MR) is 51.4 cm³/mol. The summed E-state index contributed by atoms with van der Waals surface area (Å²) in [5.41, 5.74) is 0. The summed E-state index contributed by atoms with van der Waals surface area (Å²) in [5.74, 6) is 0.253. The molecule has 0 radical (unpaired) electrons. The number of nitrogens with zero attached hydrogens (tertiary/aromatic N) is 1. The van der Waals surface area contributed by atoms with E-state index >= 15 is 0 Å². The second kappa shape index (κ2) is 3.29. The Balaban J connectivity index is 2.12. The molecule has 3 heteroatoms. The smallest absolute Gasteiger partial charge is 0.239 e. The van der Waals surface area contributed by atoms with E-state index in [1.807, 2.05) is 18.9 Å². The van der Waals surface area contributed by atoms with Gasteiger partial charge in [-0.2, -0.15) is 0 Å². The minimum atomic E-state index is 0.0179. The molecule has 1 amide bonds. The largest absolute Gasteiger partial charge is 0.340 e. The number of hydrogen-bond donors (Lipinski definition) is 1. The van der Waals surface area contributed by atoms with Crippen LogP contribution < -0.4 is 5.32 Å². The molecule has 1 aliphatic carbocycles. The fourth-order valence-electron chi connectivity index (χ4n) is 2.63. The fourth-order valence-corrected chi connectivity index (χ4v) is 2.63. The van der Waals surface area contributed by atoms with Crippen LogP contribution in [0.4, 0.5) is 0 Å². The highest BCUT2D eigenvalue weighted by molar-refractivity contribution is 5.82. The van der Waals surface area contributed by atoms with E-state index in [0.29, 0.717) is 12.1 Å². The Morgan fingerprint density at radius 1 is 1.38 bits per heavy atom. The first-order chi connectivity index (χ1) is 6.20. The molecule has 2 rings (SSSR count). The van der Waals surface area contributed by atoms with Crippen LogP contribution in [-0.2, 0) is 4.79 Å². The Morgan fingerprint density at radius 2 is 2.08 bits per heavy atom. The second-order valence-electron chi connectivity index (χ2n) is 4.30. The first kappa shape index (κ1) is 9.00. The average molecular weight is 182 g/mol. The number of piperazine rings is 1. The molecule has 13 heavy (non-hydrogen) atoms. The van der Waals surface area contributed by atoms with Gasteiger partial charge in [-0.15, -0.1) is 0 Å². The average Bonchev–Trinajstić information content (AvgIpc) is 2.15. The summed E-state index contributed by atoms with van der Waals surface area (Å²) in [6.45, 7) is 1.96. The molecule has 3 atom stereocenters. The van der Waals surface area contributed by atoms with Gasteiger partial charge in [0.25, 0.3) is 0 Å². The van der Waals surface area contributed by atoms with Gasteiger partial charge in [-0.3, -0.25) is 4.79 Å². The molecule has 0 spiro atoms. The van der Waals surface area contributed by atoms with Crippen molar-refractivity contribution in [2.45, 2.75) is 50.7 Å². The van der Waals surface area contributed by atoms with E-state index in [0.717, 1.165) is 0 Å². The number of amides is 1. The third-order valence-electron chi connectivity index (χ3n) is 3.41. The van der Waals surface area contributed by atoms with Crippen molar-refractivity contribution >= 4 is 5.91 Å². The number of likely N-dealkylation sites (N-methyl/N-ethyl adjacent to an activating group) is 1. The Hall–Kier alpha value is -0.570. The van der Waals surface area contributed by atoms with Crippen molar-refractivity contribution in [2.24, 2.45) is 0 Å². The number of carbonyl (C=O) groups is 1. The van der Waals surface area contributed by atoms with Crippen molar-refractivity contribution in [3.8, 4) is 0 Å². The molecule has 1 N–H and O–H groups in total. The molecular formula is C10H18N2O. The highest BCUT2D eigenvalue weighted by Gasteiger charge is 2.38. The van der Waals surface area contributed by atoms with Crippen LogP contribution in [0.5, 0.6) is 0 Å². The molecule has 3 nitrogen and oxygen atoms in total. The van der Waals surface area contributed by atoms with Gasteiger partial charge < -0.3 is 10.2 Å². The number of fused-ring (bicyclic) bond motifs is 1. The first-order valence-electron chi connectivity index (χ1n) is 5.23. The summed E-state index contributed by atoms with van der Waals surface area (Å²) in [6, 6.07) is 1.02. The summed E-state index contributed by atoms with van der Waals surface area (Å²) in [5, 5.41) is 3.41. The van der Waals surface area contributed by atoms with Crippen LogP contribution in [0.2, 0.25) is 0 Å². The summed E-state index contributed by atoms with van der Waals surface area (Å²) in [6.07, 6.45) is 4.98. The number of carbonyl (C=O) groups excluding carboxylic acids is 1. The number of hydrogen-bond acceptors (Lipinski definition) is 2. The van der Waals surface area contributed by atoms with Gasteiger partial charge in [0, 0.05) is 19.1 Å². The Bertz CT molecular complexity index is 217. The van der Waals surface area contributed by atoms with Gasteiger partial charge in [0.15, 0.2) is 0 Å². The van der Waals surface area contributed by atoms with E-state index in [4.69, 9.17) is 0 Å².